The van der Waals surface area contributed by atoms with Gasteiger partial charge in [-0.3, -0.25) is 4.84 Å². The number of sulfonamides is 1. The predicted molar refractivity (Wildman–Crippen MR) is 65.0 cm³/mol. The molecule has 0 aromatic heterocycles. The van der Waals surface area contributed by atoms with Gasteiger partial charge >= 0.3 is 0 Å². The first-order valence-electron chi connectivity index (χ1n) is 4.89. The van der Waals surface area contributed by atoms with Gasteiger partial charge in [0.05, 0.1) is 19.0 Å². The Kier molecular flexibility index (Phi) is 5.87. The van der Waals surface area contributed by atoms with Crippen molar-refractivity contribution in [2.75, 3.05) is 20.3 Å². The van der Waals surface area contributed by atoms with E-state index in [2.05, 4.69) is 0 Å². The van der Waals surface area contributed by atoms with Gasteiger partial charge in [0.1, 0.15) is 0 Å². The predicted octanol–water partition coefficient (Wildman–Crippen LogP) is 1.34. The Morgan fingerprint density at radius 3 is 2.65 bits per heavy atom. The fourth-order valence-corrected chi connectivity index (χ4v) is 2.37. The molecule has 0 aliphatic carbocycles. The van der Waals surface area contributed by atoms with Crippen LogP contribution in [0.5, 0.6) is 0 Å². The van der Waals surface area contributed by atoms with E-state index in [1.54, 1.807) is 24.3 Å². The number of benzene rings is 1. The Labute approximate surface area is 106 Å². The van der Waals surface area contributed by atoms with E-state index in [-0.39, 0.29) is 12.4 Å². The molecule has 0 unspecified atom stereocenters. The molecule has 0 amide bonds. The average molecular weight is 280 g/mol. The van der Waals surface area contributed by atoms with Crippen LogP contribution in [0.25, 0.3) is 0 Å². The molecule has 96 valence electrons. The van der Waals surface area contributed by atoms with Gasteiger partial charge in [0.15, 0.2) is 0 Å². The summed E-state index contributed by atoms with van der Waals surface area (Å²) in [5, 5.41) is 0.412. The lowest BCUT2D eigenvalue weighted by Crippen LogP contribution is -2.27. The lowest BCUT2D eigenvalue weighted by Gasteiger charge is -2.07. The molecule has 1 N–H and O–H groups in total. The van der Waals surface area contributed by atoms with Crippen LogP contribution >= 0.6 is 11.6 Å². The number of hydrogen-bond donors (Lipinski definition) is 1. The highest BCUT2D eigenvalue weighted by atomic mass is 35.5. The van der Waals surface area contributed by atoms with Gasteiger partial charge in [0.2, 0.25) is 10.0 Å². The highest BCUT2D eigenvalue weighted by Gasteiger charge is 2.13. The number of halogens is 1. The lowest BCUT2D eigenvalue weighted by atomic mass is 10.2. The first kappa shape index (κ1) is 14.4. The summed E-state index contributed by atoms with van der Waals surface area (Å²) in [6.07, 6.45) is 0. The second kappa shape index (κ2) is 6.93. The molecule has 0 aliphatic heterocycles. The Morgan fingerprint density at radius 1 is 1.29 bits per heavy atom. The third kappa shape index (κ3) is 5.47. The maximum absolute atomic E-state index is 11.6. The molecule has 0 atom stereocenters. The summed E-state index contributed by atoms with van der Waals surface area (Å²) in [6, 6.07) is 6.75. The summed E-state index contributed by atoms with van der Waals surface area (Å²) in [4.78, 5) is 6.75. The van der Waals surface area contributed by atoms with E-state index < -0.39 is 10.0 Å². The summed E-state index contributed by atoms with van der Waals surface area (Å²) in [6.45, 7) is 0.465. The van der Waals surface area contributed by atoms with Crippen molar-refractivity contribution in [3.63, 3.8) is 0 Å². The van der Waals surface area contributed by atoms with Gasteiger partial charge in [-0.2, -0.15) is 0 Å². The van der Waals surface area contributed by atoms with Gasteiger partial charge in [0.25, 0.3) is 0 Å². The van der Waals surface area contributed by atoms with Crippen molar-refractivity contribution >= 4 is 21.6 Å². The van der Waals surface area contributed by atoms with Crippen LogP contribution in [0, 0.1) is 0 Å². The fraction of sp³-hybridized carbons (Fsp3) is 0.400. The van der Waals surface area contributed by atoms with E-state index in [0.717, 1.165) is 0 Å². The van der Waals surface area contributed by atoms with Crippen LogP contribution in [0.2, 0.25) is 5.02 Å². The van der Waals surface area contributed by atoms with Crippen molar-refractivity contribution in [3.05, 3.63) is 34.9 Å². The molecule has 0 heterocycles. The topological polar surface area (TPSA) is 64.6 Å². The van der Waals surface area contributed by atoms with E-state index in [9.17, 15) is 8.42 Å². The zero-order valence-electron chi connectivity index (χ0n) is 9.35. The molecule has 1 aromatic rings. The Hall–Kier alpha value is -0.660. The van der Waals surface area contributed by atoms with Gasteiger partial charge in [-0.1, -0.05) is 34.7 Å². The van der Waals surface area contributed by atoms with Crippen molar-refractivity contribution in [3.8, 4) is 0 Å². The highest BCUT2D eigenvalue weighted by Crippen LogP contribution is 2.16. The zero-order chi connectivity index (χ0) is 12.7. The Bertz CT molecular complexity index is 449. The van der Waals surface area contributed by atoms with Crippen molar-refractivity contribution in [2.45, 2.75) is 5.75 Å². The maximum atomic E-state index is 11.6. The van der Waals surface area contributed by atoms with E-state index >= 15 is 0 Å². The molecule has 0 aliphatic rings. The lowest BCUT2D eigenvalue weighted by molar-refractivity contribution is 0.0438. The molecule has 0 spiro atoms. The highest BCUT2D eigenvalue weighted by molar-refractivity contribution is 7.88. The number of nitrogens with one attached hydrogen (secondary N) is 1. The molecule has 1 aromatic carbocycles. The Morgan fingerprint density at radius 2 is 2.00 bits per heavy atom. The standard InChI is InChI=1S/C10H14ClNO4S/c1-15-6-7-16-12-17(13,14)8-9-4-2-3-5-10(9)11/h2-5,12H,6-8H2,1H3. The largest absolute Gasteiger partial charge is 0.382 e. The second-order valence-electron chi connectivity index (χ2n) is 3.28. The number of ether oxygens (including phenoxy) is 1. The maximum Gasteiger partial charge on any atom is 0.237 e. The van der Waals surface area contributed by atoms with Crippen LogP contribution in [-0.2, 0) is 25.4 Å². The minimum atomic E-state index is -3.55. The number of rotatable bonds is 7. The third-order valence-corrected chi connectivity index (χ3v) is 3.31. The van der Waals surface area contributed by atoms with Gasteiger partial charge < -0.3 is 4.74 Å². The fourth-order valence-electron chi connectivity index (χ4n) is 1.11. The molecule has 5 nitrogen and oxygen atoms in total. The smallest absolute Gasteiger partial charge is 0.237 e. The molecule has 0 saturated heterocycles. The van der Waals surface area contributed by atoms with E-state index in [1.165, 1.54) is 7.11 Å². The summed E-state index contributed by atoms with van der Waals surface area (Å²) < 4.78 is 27.9. The second-order valence-corrected chi connectivity index (χ2v) is 5.37. The number of methoxy groups -OCH3 is 1. The van der Waals surface area contributed by atoms with Crippen LogP contribution in [0.1, 0.15) is 5.56 Å². The first-order chi connectivity index (χ1) is 8.05. The van der Waals surface area contributed by atoms with Gasteiger partial charge in [-0.15, -0.1) is 0 Å². The van der Waals surface area contributed by atoms with Crippen LogP contribution in [-0.4, -0.2) is 28.7 Å². The zero-order valence-corrected chi connectivity index (χ0v) is 10.9. The molecule has 0 bridgehead atoms. The van der Waals surface area contributed by atoms with E-state index in [0.29, 0.717) is 17.2 Å². The van der Waals surface area contributed by atoms with Gasteiger partial charge in [-0.25, -0.2) is 8.42 Å². The van der Waals surface area contributed by atoms with Crippen molar-refractivity contribution in [1.82, 2.24) is 4.89 Å². The van der Waals surface area contributed by atoms with Crippen molar-refractivity contribution in [2.24, 2.45) is 0 Å². The third-order valence-electron chi connectivity index (χ3n) is 1.88. The van der Waals surface area contributed by atoms with Crippen molar-refractivity contribution in [1.29, 1.82) is 0 Å². The van der Waals surface area contributed by atoms with Crippen molar-refractivity contribution < 1.29 is 18.0 Å². The molecule has 0 saturated carbocycles. The minimum absolute atomic E-state index is 0.151. The minimum Gasteiger partial charge on any atom is -0.382 e. The van der Waals surface area contributed by atoms with Crippen LogP contribution < -0.4 is 4.89 Å². The number of hydrogen-bond acceptors (Lipinski definition) is 4. The molecule has 0 fully saturated rings. The molecule has 7 heteroatoms. The van der Waals surface area contributed by atoms with E-state index in [1.807, 2.05) is 4.89 Å². The SMILES string of the molecule is COCCONS(=O)(=O)Cc1ccccc1Cl. The summed E-state index contributed by atoms with van der Waals surface area (Å²) >= 11 is 5.86. The molecular formula is C10H14ClNO4S. The summed E-state index contributed by atoms with van der Waals surface area (Å²) in [5.41, 5.74) is 0.525. The van der Waals surface area contributed by atoms with Gasteiger partial charge in [-0.05, 0) is 11.6 Å². The molecule has 0 radical (unpaired) electrons. The average Bonchev–Trinajstić information content (AvgIpc) is 2.28. The first-order valence-corrected chi connectivity index (χ1v) is 6.92. The monoisotopic (exact) mass is 279 g/mol. The molecule has 17 heavy (non-hydrogen) atoms. The van der Waals surface area contributed by atoms with E-state index in [4.69, 9.17) is 21.2 Å². The van der Waals surface area contributed by atoms with Crippen LogP contribution in [0.4, 0.5) is 0 Å². The summed E-state index contributed by atoms with van der Waals surface area (Å²) in [7, 11) is -2.05. The Balaban J connectivity index is 2.52. The van der Waals surface area contributed by atoms with Gasteiger partial charge in [0, 0.05) is 12.1 Å². The van der Waals surface area contributed by atoms with Crippen LogP contribution in [0.3, 0.4) is 0 Å². The summed E-state index contributed by atoms with van der Waals surface area (Å²) in [5.74, 6) is -0.223. The van der Waals surface area contributed by atoms with Crippen LogP contribution in [0.15, 0.2) is 24.3 Å². The normalized spacial score (nSPS) is 11.6. The molecule has 1 rings (SSSR count). The molecular weight excluding hydrogens is 266 g/mol. The quantitative estimate of drug-likeness (QED) is 0.604.